The summed E-state index contributed by atoms with van der Waals surface area (Å²) in [5.41, 5.74) is 2.17. The number of ether oxygens (including phenoxy) is 2. The zero-order chi connectivity index (χ0) is 21.1. The summed E-state index contributed by atoms with van der Waals surface area (Å²) in [6.45, 7) is 9.18. The van der Waals surface area contributed by atoms with Gasteiger partial charge in [0, 0.05) is 33.4 Å². The standard InChI is InChI=1S/C21H34N6O2.HI/c1-6-27(7-2)12-13-29-19-9-8-17(14-20(19)28-5)15-23-21(22-3)24-16-18-10-11-25-26(18)4;/h8-11,14H,6-7,12-13,15-16H2,1-5H3,(H2,22,23,24);1H. The van der Waals surface area contributed by atoms with E-state index in [0.717, 1.165) is 48.4 Å². The van der Waals surface area contributed by atoms with Crippen LogP contribution >= 0.6 is 24.0 Å². The van der Waals surface area contributed by atoms with Crippen LogP contribution in [0.15, 0.2) is 35.5 Å². The van der Waals surface area contributed by atoms with Gasteiger partial charge in [0.25, 0.3) is 0 Å². The van der Waals surface area contributed by atoms with E-state index in [9.17, 15) is 0 Å². The third kappa shape index (κ3) is 8.02. The second-order valence-corrected chi connectivity index (χ2v) is 6.59. The molecule has 2 N–H and O–H groups in total. The molecule has 0 amide bonds. The van der Waals surface area contributed by atoms with Crippen LogP contribution in [0.3, 0.4) is 0 Å². The molecule has 0 aliphatic rings. The van der Waals surface area contributed by atoms with E-state index >= 15 is 0 Å². The van der Waals surface area contributed by atoms with E-state index in [1.54, 1.807) is 20.4 Å². The van der Waals surface area contributed by atoms with E-state index in [0.29, 0.717) is 19.7 Å². The summed E-state index contributed by atoms with van der Waals surface area (Å²) >= 11 is 0. The lowest BCUT2D eigenvalue weighted by Gasteiger charge is -2.19. The maximum Gasteiger partial charge on any atom is 0.191 e. The molecule has 0 radical (unpaired) electrons. The van der Waals surface area contributed by atoms with Gasteiger partial charge in [-0.2, -0.15) is 5.10 Å². The molecule has 0 unspecified atom stereocenters. The molecule has 2 rings (SSSR count). The summed E-state index contributed by atoms with van der Waals surface area (Å²) in [5.74, 6) is 2.23. The summed E-state index contributed by atoms with van der Waals surface area (Å²) in [6.07, 6.45) is 1.78. The van der Waals surface area contributed by atoms with Crippen LogP contribution in [-0.2, 0) is 20.1 Å². The molecule has 0 fully saturated rings. The number of nitrogens with one attached hydrogen (secondary N) is 2. The first-order valence-corrected chi connectivity index (χ1v) is 10.0. The number of aliphatic imine (C=N–C) groups is 1. The van der Waals surface area contributed by atoms with Crippen molar-refractivity contribution in [1.29, 1.82) is 0 Å². The minimum absolute atomic E-state index is 0. The smallest absolute Gasteiger partial charge is 0.191 e. The Hall–Kier alpha value is -2.01. The summed E-state index contributed by atoms with van der Waals surface area (Å²) in [6, 6.07) is 7.97. The second-order valence-electron chi connectivity index (χ2n) is 6.59. The van der Waals surface area contributed by atoms with E-state index in [1.807, 2.05) is 36.0 Å². The van der Waals surface area contributed by atoms with Crippen molar-refractivity contribution in [3.63, 3.8) is 0 Å². The molecule has 1 heterocycles. The van der Waals surface area contributed by atoms with E-state index < -0.39 is 0 Å². The molecular weight excluding hydrogens is 495 g/mol. The molecule has 0 aliphatic carbocycles. The normalized spacial score (nSPS) is 11.2. The molecule has 1 aromatic heterocycles. The molecule has 1 aromatic carbocycles. The molecule has 0 saturated heterocycles. The lowest BCUT2D eigenvalue weighted by atomic mass is 10.2. The maximum atomic E-state index is 5.92. The molecule has 0 aliphatic heterocycles. The highest BCUT2D eigenvalue weighted by Crippen LogP contribution is 2.28. The van der Waals surface area contributed by atoms with Gasteiger partial charge in [-0.25, -0.2) is 0 Å². The van der Waals surface area contributed by atoms with Crippen LogP contribution in [0.25, 0.3) is 0 Å². The Balaban J connectivity index is 0.00000450. The van der Waals surface area contributed by atoms with E-state index in [4.69, 9.17) is 9.47 Å². The third-order valence-corrected chi connectivity index (χ3v) is 4.83. The Morgan fingerprint density at radius 1 is 1.13 bits per heavy atom. The van der Waals surface area contributed by atoms with Crippen molar-refractivity contribution >= 4 is 29.9 Å². The third-order valence-electron chi connectivity index (χ3n) is 4.83. The first-order valence-electron chi connectivity index (χ1n) is 10.0. The van der Waals surface area contributed by atoms with Crippen LogP contribution in [-0.4, -0.2) is 61.0 Å². The average molecular weight is 530 g/mol. The van der Waals surface area contributed by atoms with Crippen LogP contribution in [0.1, 0.15) is 25.1 Å². The van der Waals surface area contributed by atoms with Crippen LogP contribution in [0.4, 0.5) is 0 Å². The lowest BCUT2D eigenvalue weighted by Crippen LogP contribution is -2.36. The largest absolute Gasteiger partial charge is 0.493 e. The molecule has 0 atom stereocenters. The second kappa shape index (κ2) is 14.1. The van der Waals surface area contributed by atoms with Gasteiger partial charge in [0.05, 0.1) is 19.3 Å². The number of aromatic nitrogens is 2. The number of hydrogen-bond acceptors (Lipinski definition) is 5. The molecule has 0 bridgehead atoms. The quantitative estimate of drug-likeness (QED) is 0.265. The Morgan fingerprint density at radius 2 is 1.87 bits per heavy atom. The Kier molecular flexibility index (Phi) is 12.2. The van der Waals surface area contributed by atoms with Gasteiger partial charge >= 0.3 is 0 Å². The van der Waals surface area contributed by atoms with Crippen molar-refractivity contribution in [3.8, 4) is 11.5 Å². The fraction of sp³-hybridized carbons (Fsp3) is 0.524. The minimum Gasteiger partial charge on any atom is -0.493 e. The maximum absolute atomic E-state index is 5.92. The monoisotopic (exact) mass is 530 g/mol. The fourth-order valence-corrected chi connectivity index (χ4v) is 2.92. The minimum atomic E-state index is 0. The Bertz CT molecular complexity index is 777. The number of hydrogen-bond donors (Lipinski definition) is 2. The van der Waals surface area contributed by atoms with Gasteiger partial charge in [0.1, 0.15) is 6.61 Å². The van der Waals surface area contributed by atoms with Gasteiger partial charge in [0.2, 0.25) is 0 Å². The van der Waals surface area contributed by atoms with Gasteiger partial charge in [-0.3, -0.25) is 9.67 Å². The molecule has 30 heavy (non-hydrogen) atoms. The van der Waals surface area contributed by atoms with Gasteiger partial charge in [-0.15, -0.1) is 24.0 Å². The van der Waals surface area contributed by atoms with Crippen molar-refractivity contribution in [2.45, 2.75) is 26.9 Å². The predicted molar refractivity (Wildman–Crippen MR) is 132 cm³/mol. The van der Waals surface area contributed by atoms with Gasteiger partial charge in [-0.1, -0.05) is 19.9 Å². The lowest BCUT2D eigenvalue weighted by molar-refractivity contribution is 0.217. The molecule has 2 aromatic rings. The van der Waals surface area contributed by atoms with Gasteiger partial charge < -0.3 is 25.0 Å². The topological polar surface area (TPSA) is 75.9 Å². The average Bonchev–Trinajstić information content (AvgIpc) is 3.16. The highest BCUT2D eigenvalue weighted by molar-refractivity contribution is 14.0. The number of benzene rings is 1. The molecule has 0 saturated carbocycles. The first-order chi connectivity index (χ1) is 14.1. The van der Waals surface area contributed by atoms with Crippen molar-refractivity contribution in [2.75, 3.05) is 40.4 Å². The van der Waals surface area contributed by atoms with E-state index in [2.05, 4.69) is 39.5 Å². The zero-order valence-electron chi connectivity index (χ0n) is 18.6. The summed E-state index contributed by atoms with van der Waals surface area (Å²) < 4.78 is 13.3. The number of guanidine groups is 1. The summed E-state index contributed by atoms with van der Waals surface area (Å²) in [4.78, 5) is 6.60. The van der Waals surface area contributed by atoms with Crippen LogP contribution in [0, 0.1) is 0 Å². The SMILES string of the molecule is CCN(CC)CCOc1ccc(CNC(=NC)NCc2ccnn2C)cc1OC.I. The molecule has 168 valence electrons. The van der Waals surface area contributed by atoms with Gasteiger partial charge in [0.15, 0.2) is 17.5 Å². The predicted octanol–water partition coefficient (Wildman–Crippen LogP) is 2.63. The van der Waals surface area contributed by atoms with Crippen molar-refractivity contribution in [3.05, 3.63) is 41.7 Å². The highest BCUT2D eigenvalue weighted by atomic mass is 127. The number of rotatable bonds is 11. The highest BCUT2D eigenvalue weighted by Gasteiger charge is 2.08. The zero-order valence-corrected chi connectivity index (χ0v) is 21.0. The van der Waals surface area contributed by atoms with E-state index in [-0.39, 0.29) is 24.0 Å². The first kappa shape index (κ1) is 26.0. The summed E-state index contributed by atoms with van der Waals surface area (Å²) in [5, 5.41) is 10.8. The van der Waals surface area contributed by atoms with Crippen LogP contribution in [0.2, 0.25) is 0 Å². The van der Waals surface area contributed by atoms with Crippen molar-refractivity contribution < 1.29 is 9.47 Å². The molecule has 8 nitrogen and oxygen atoms in total. The number of halogens is 1. The van der Waals surface area contributed by atoms with E-state index in [1.165, 1.54) is 0 Å². The number of nitrogens with zero attached hydrogens (tertiary/aromatic N) is 4. The summed E-state index contributed by atoms with van der Waals surface area (Å²) in [7, 11) is 5.34. The van der Waals surface area contributed by atoms with Crippen molar-refractivity contribution in [1.82, 2.24) is 25.3 Å². The Labute approximate surface area is 197 Å². The van der Waals surface area contributed by atoms with Crippen LogP contribution < -0.4 is 20.1 Å². The molecular formula is C21H35IN6O2. The number of likely N-dealkylation sites (N-methyl/N-ethyl adjacent to an activating group) is 1. The molecule has 0 spiro atoms. The van der Waals surface area contributed by atoms with Gasteiger partial charge in [-0.05, 0) is 36.9 Å². The fourth-order valence-electron chi connectivity index (χ4n) is 2.92. The van der Waals surface area contributed by atoms with Crippen molar-refractivity contribution in [2.24, 2.45) is 12.0 Å². The number of methoxy groups -OCH3 is 1. The molecule has 9 heteroatoms. The number of aryl methyl sites for hydroxylation is 1. The van der Waals surface area contributed by atoms with Crippen LogP contribution in [0.5, 0.6) is 11.5 Å². The Morgan fingerprint density at radius 3 is 2.47 bits per heavy atom.